The quantitative estimate of drug-likeness (QED) is 0.296. The summed E-state index contributed by atoms with van der Waals surface area (Å²) in [6, 6.07) is 0. The first-order chi connectivity index (χ1) is 11.8. The summed E-state index contributed by atoms with van der Waals surface area (Å²) in [6.07, 6.45) is 30.0. The summed E-state index contributed by atoms with van der Waals surface area (Å²) in [5.41, 5.74) is 0. The smallest absolute Gasteiger partial charge is 0.0233 e. The zero-order chi connectivity index (χ0) is 17.0. The molecule has 0 radical (unpaired) electrons. The third kappa shape index (κ3) is 7.58. The molecule has 0 aromatic heterocycles. The molecule has 0 amide bonds. The minimum absolute atomic E-state index is 0.884. The molecule has 0 aromatic carbocycles. The maximum atomic E-state index is 2.58. The van der Waals surface area contributed by atoms with Gasteiger partial charge in [0, 0.05) is 0 Å². The van der Waals surface area contributed by atoms with E-state index in [2.05, 4.69) is 38.2 Å². The Morgan fingerprint density at radius 1 is 0.708 bits per heavy atom. The van der Waals surface area contributed by atoms with Gasteiger partial charge in [0.05, 0.1) is 0 Å². The fourth-order valence-corrected chi connectivity index (χ4v) is 4.91. The Kier molecular flexibility index (Phi) is 9.85. The minimum Gasteiger partial charge on any atom is -0.0914 e. The van der Waals surface area contributed by atoms with Gasteiger partial charge in [0.15, 0.2) is 0 Å². The first kappa shape index (κ1) is 19.8. The van der Waals surface area contributed by atoms with Crippen LogP contribution in [-0.4, -0.2) is 0 Å². The molecule has 2 saturated carbocycles. The van der Waals surface area contributed by atoms with Crippen LogP contribution < -0.4 is 0 Å². The fourth-order valence-electron chi connectivity index (χ4n) is 4.91. The van der Waals surface area contributed by atoms with E-state index in [1.165, 1.54) is 89.9 Å². The Morgan fingerprint density at radius 3 is 1.88 bits per heavy atom. The maximum Gasteiger partial charge on any atom is -0.0233 e. The lowest BCUT2D eigenvalue weighted by molar-refractivity contribution is 0.287. The van der Waals surface area contributed by atoms with Crippen LogP contribution in [0, 0.1) is 23.7 Å². The van der Waals surface area contributed by atoms with Crippen LogP contribution in [0.2, 0.25) is 0 Å². The van der Waals surface area contributed by atoms with Crippen LogP contribution in [0.4, 0.5) is 0 Å². The molecule has 0 heteroatoms. The number of hydrogen-bond donors (Lipinski definition) is 0. The van der Waals surface area contributed by atoms with Crippen molar-refractivity contribution >= 4 is 0 Å². The van der Waals surface area contributed by atoms with Gasteiger partial charge in [-0.1, -0.05) is 56.9 Å². The molecule has 0 unspecified atom stereocenters. The summed E-state index contributed by atoms with van der Waals surface area (Å²) >= 11 is 0. The van der Waals surface area contributed by atoms with Crippen molar-refractivity contribution in [2.24, 2.45) is 23.7 Å². The van der Waals surface area contributed by atoms with Crippen molar-refractivity contribution in [1.82, 2.24) is 0 Å². The summed E-state index contributed by atoms with van der Waals surface area (Å²) in [5.74, 6) is 3.84. The molecule has 0 spiro atoms. The van der Waals surface area contributed by atoms with Gasteiger partial charge in [0.25, 0.3) is 0 Å². The van der Waals surface area contributed by atoms with Gasteiger partial charge in [0.1, 0.15) is 0 Å². The molecule has 2 aliphatic rings. The van der Waals surface area contributed by atoms with E-state index in [0.29, 0.717) is 0 Å². The summed E-state index contributed by atoms with van der Waals surface area (Å²) in [5, 5.41) is 0. The SMILES string of the molecule is C/C=C/C1CCC(CC/C=C/C2CCC(CCCCC)CC2)CC1. The van der Waals surface area contributed by atoms with Crippen LogP contribution in [0.25, 0.3) is 0 Å². The molecule has 0 aromatic rings. The van der Waals surface area contributed by atoms with E-state index in [9.17, 15) is 0 Å². The van der Waals surface area contributed by atoms with Crippen molar-refractivity contribution in [2.45, 2.75) is 104 Å². The predicted octanol–water partition coefficient (Wildman–Crippen LogP) is 8.09. The van der Waals surface area contributed by atoms with E-state index in [4.69, 9.17) is 0 Å². The predicted molar refractivity (Wildman–Crippen MR) is 108 cm³/mol. The van der Waals surface area contributed by atoms with E-state index in [0.717, 1.165) is 23.7 Å². The second kappa shape index (κ2) is 11.9. The van der Waals surface area contributed by atoms with Crippen LogP contribution in [0.1, 0.15) is 104 Å². The molecule has 2 rings (SSSR count). The highest BCUT2D eigenvalue weighted by atomic mass is 14.3. The Hall–Kier alpha value is -0.520. The first-order valence-corrected chi connectivity index (χ1v) is 11.1. The van der Waals surface area contributed by atoms with Crippen LogP contribution >= 0.6 is 0 Å². The molecule has 138 valence electrons. The molecular formula is C24H42. The molecule has 0 saturated heterocycles. The van der Waals surface area contributed by atoms with Gasteiger partial charge in [-0.3, -0.25) is 0 Å². The van der Waals surface area contributed by atoms with Crippen molar-refractivity contribution in [2.75, 3.05) is 0 Å². The third-order valence-corrected chi connectivity index (χ3v) is 6.61. The lowest BCUT2D eigenvalue weighted by Crippen LogP contribution is -2.13. The minimum atomic E-state index is 0.884. The molecule has 0 atom stereocenters. The average molecular weight is 331 g/mol. The van der Waals surface area contributed by atoms with Crippen molar-refractivity contribution in [3.63, 3.8) is 0 Å². The van der Waals surface area contributed by atoms with Gasteiger partial charge < -0.3 is 0 Å². The monoisotopic (exact) mass is 330 g/mol. The third-order valence-electron chi connectivity index (χ3n) is 6.61. The molecule has 0 bridgehead atoms. The normalized spacial score (nSPS) is 31.9. The van der Waals surface area contributed by atoms with E-state index in [-0.39, 0.29) is 0 Å². The molecule has 0 aliphatic heterocycles. The van der Waals surface area contributed by atoms with Crippen LogP contribution in [0.5, 0.6) is 0 Å². The van der Waals surface area contributed by atoms with Gasteiger partial charge >= 0.3 is 0 Å². The lowest BCUT2D eigenvalue weighted by Gasteiger charge is -2.27. The Balaban J connectivity index is 1.52. The number of unbranched alkanes of at least 4 members (excludes halogenated alkanes) is 2. The maximum absolute atomic E-state index is 2.58. The second-order valence-corrected chi connectivity index (χ2v) is 8.59. The first-order valence-electron chi connectivity index (χ1n) is 11.1. The molecule has 2 fully saturated rings. The summed E-state index contributed by atoms with van der Waals surface area (Å²) in [7, 11) is 0. The van der Waals surface area contributed by atoms with Crippen molar-refractivity contribution in [1.29, 1.82) is 0 Å². The standard InChI is InChI=1S/C24H42/c1-3-5-6-10-22-17-19-24(20-18-22)12-8-7-11-23-15-13-21(9-4-2)14-16-23/h4,8-9,12,21-24H,3,5-7,10-11,13-20H2,1-2H3/b9-4+,12-8+. The molecular weight excluding hydrogens is 288 g/mol. The van der Waals surface area contributed by atoms with Crippen molar-refractivity contribution in [3.05, 3.63) is 24.3 Å². The van der Waals surface area contributed by atoms with Gasteiger partial charge in [-0.05, 0) is 94.8 Å². The molecule has 0 N–H and O–H groups in total. The summed E-state index contributed by atoms with van der Waals surface area (Å²) in [6.45, 7) is 4.48. The van der Waals surface area contributed by atoms with E-state index in [1.54, 1.807) is 0 Å². The average Bonchev–Trinajstić information content (AvgIpc) is 2.62. The van der Waals surface area contributed by atoms with Crippen molar-refractivity contribution in [3.8, 4) is 0 Å². The second-order valence-electron chi connectivity index (χ2n) is 8.59. The van der Waals surface area contributed by atoms with Crippen LogP contribution in [-0.2, 0) is 0 Å². The van der Waals surface area contributed by atoms with Gasteiger partial charge in [-0.25, -0.2) is 0 Å². The number of hydrogen-bond acceptors (Lipinski definition) is 0. The van der Waals surface area contributed by atoms with Crippen LogP contribution in [0.15, 0.2) is 24.3 Å². The van der Waals surface area contributed by atoms with Gasteiger partial charge in [-0.2, -0.15) is 0 Å². The summed E-state index contributed by atoms with van der Waals surface area (Å²) < 4.78 is 0. The Bertz CT molecular complexity index is 348. The molecule has 0 nitrogen and oxygen atoms in total. The van der Waals surface area contributed by atoms with E-state index in [1.807, 2.05) is 0 Å². The highest BCUT2D eigenvalue weighted by Gasteiger charge is 2.20. The number of rotatable bonds is 9. The van der Waals surface area contributed by atoms with Gasteiger partial charge in [-0.15, -0.1) is 0 Å². The molecule has 0 heterocycles. The Morgan fingerprint density at radius 2 is 1.29 bits per heavy atom. The fraction of sp³-hybridized carbons (Fsp3) is 0.833. The van der Waals surface area contributed by atoms with E-state index >= 15 is 0 Å². The highest BCUT2D eigenvalue weighted by Crippen LogP contribution is 2.34. The molecule has 2 aliphatic carbocycles. The Labute approximate surface area is 152 Å². The van der Waals surface area contributed by atoms with E-state index < -0.39 is 0 Å². The topological polar surface area (TPSA) is 0 Å². The zero-order valence-corrected chi connectivity index (χ0v) is 16.5. The lowest BCUT2D eigenvalue weighted by atomic mass is 9.79. The largest absolute Gasteiger partial charge is 0.0914 e. The zero-order valence-electron chi connectivity index (χ0n) is 16.5. The van der Waals surface area contributed by atoms with Gasteiger partial charge in [0.2, 0.25) is 0 Å². The molecule has 24 heavy (non-hydrogen) atoms. The van der Waals surface area contributed by atoms with Crippen molar-refractivity contribution < 1.29 is 0 Å². The van der Waals surface area contributed by atoms with Crippen LogP contribution in [0.3, 0.4) is 0 Å². The highest BCUT2D eigenvalue weighted by molar-refractivity contribution is 4.92. The number of allylic oxidation sites excluding steroid dienone is 4. The summed E-state index contributed by atoms with van der Waals surface area (Å²) in [4.78, 5) is 0.